The summed E-state index contributed by atoms with van der Waals surface area (Å²) >= 11 is 0. The second kappa shape index (κ2) is 4.20. The van der Waals surface area contributed by atoms with Crippen LogP contribution in [-0.2, 0) is 16.1 Å². The Labute approximate surface area is 92.2 Å². The molecule has 4 heteroatoms. The van der Waals surface area contributed by atoms with Gasteiger partial charge in [-0.05, 0) is 18.4 Å². The molecule has 0 heterocycles. The standard InChI is InChI=1S/C12H12F2O2/c13-12(14,10-6-7-10)11(15)16-8-9-4-2-1-3-5-9/h1-5,10H,6-8H2. The summed E-state index contributed by atoms with van der Waals surface area (Å²) in [5.41, 5.74) is 0.711. The second-order valence-electron chi connectivity index (χ2n) is 3.96. The van der Waals surface area contributed by atoms with Gasteiger partial charge in [-0.3, -0.25) is 0 Å². The summed E-state index contributed by atoms with van der Waals surface area (Å²) in [5, 5.41) is 0. The van der Waals surface area contributed by atoms with Crippen LogP contribution in [0.25, 0.3) is 0 Å². The lowest BCUT2D eigenvalue weighted by Gasteiger charge is -2.14. The first kappa shape index (κ1) is 11.0. The number of esters is 1. The van der Waals surface area contributed by atoms with Crippen molar-refractivity contribution in [1.82, 2.24) is 0 Å². The lowest BCUT2D eigenvalue weighted by molar-refractivity contribution is -0.176. The van der Waals surface area contributed by atoms with E-state index < -0.39 is 17.8 Å². The van der Waals surface area contributed by atoms with Gasteiger partial charge in [-0.2, -0.15) is 8.78 Å². The number of carbonyl (C=O) groups excluding carboxylic acids is 1. The molecule has 1 aromatic rings. The van der Waals surface area contributed by atoms with Crippen molar-refractivity contribution < 1.29 is 18.3 Å². The minimum atomic E-state index is -3.31. The van der Waals surface area contributed by atoms with Crippen LogP contribution in [0.3, 0.4) is 0 Å². The SMILES string of the molecule is O=C(OCc1ccccc1)C(F)(F)C1CC1. The fraction of sp³-hybridized carbons (Fsp3) is 0.417. The van der Waals surface area contributed by atoms with E-state index in [0.717, 1.165) is 0 Å². The molecule has 1 aromatic carbocycles. The van der Waals surface area contributed by atoms with E-state index in [9.17, 15) is 13.6 Å². The zero-order chi connectivity index (χ0) is 11.6. The van der Waals surface area contributed by atoms with Gasteiger partial charge in [0.25, 0.3) is 0 Å². The van der Waals surface area contributed by atoms with Crippen molar-refractivity contribution in [2.24, 2.45) is 5.92 Å². The predicted molar refractivity (Wildman–Crippen MR) is 53.9 cm³/mol. The molecule has 16 heavy (non-hydrogen) atoms. The van der Waals surface area contributed by atoms with Gasteiger partial charge in [-0.15, -0.1) is 0 Å². The van der Waals surface area contributed by atoms with Crippen molar-refractivity contribution >= 4 is 5.97 Å². The average molecular weight is 226 g/mol. The third-order valence-corrected chi connectivity index (χ3v) is 2.57. The molecular weight excluding hydrogens is 214 g/mol. The molecule has 0 unspecified atom stereocenters. The first-order chi connectivity index (χ1) is 7.60. The molecule has 0 atom stereocenters. The summed E-state index contributed by atoms with van der Waals surface area (Å²) in [6.45, 7) is -0.0953. The van der Waals surface area contributed by atoms with E-state index in [1.165, 1.54) is 0 Å². The van der Waals surface area contributed by atoms with Crippen LogP contribution in [0.15, 0.2) is 30.3 Å². The molecular formula is C12H12F2O2. The smallest absolute Gasteiger partial charge is 0.377 e. The molecule has 2 nitrogen and oxygen atoms in total. The summed E-state index contributed by atoms with van der Waals surface area (Å²) in [7, 11) is 0. The van der Waals surface area contributed by atoms with Crippen molar-refractivity contribution in [1.29, 1.82) is 0 Å². The van der Waals surface area contributed by atoms with Crippen LogP contribution in [0, 0.1) is 5.92 Å². The molecule has 86 valence electrons. The molecule has 0 N–H and O–H groups in total. The minimum Gasteiger partial charge on any atom is -0.456 e. The molecule has 0 bridgehead atoms. The van der Waals surface area contributed by atoms with Crippen LogP contribution < -0.4 is 0 Å². The topological polar surface area (TPSA) is 26.3 Å². The maximum absolute atomic E-state index is 13.2. The van der Waals surface area contributed by atoms with Gasteiger partial charge in [0.05, 0.1) is 0 Å². The Hall–Kier alpha value is -1.45. The maximum atomic E-state index is 13.2. The van der Waals surface area contributed by atoms with E-state index in [-0.39, 0.29) is 6.61 Å². The maximum Gasteiger partial charge on any atom is 0.377 e. The van der Waals surface area contributed by atoms with Crippen LogP contribution in [0.1, 0.15) is 18.4 Å². The molecule has 0 saturated heterocycles. The van der Waals surface area contributed by atoms with Gasteiger partial charge in [0.1, 0.15) is 6.61 Å². The molecule has 0 amide bonds. The molecule has 1 aliphatic carbocycles. The summed E-state index contributed by atoms with van der Waals surface area (Å²) in [4.78, 5) is 11.1. The molecule has 2 rings (SSSR count). The van der Waals surface area contributed by atoms with Gasteiger partial charge in [-0.25, -0.2) is 4.79 Å². The Morgan fingerprint density at radius 3 is 2.50 bits per heavy atom. The van der Waals surface area contributed by atoms with Crippen LogP contribution in [0.5, 0.6) is 0 Å². The number of rotatable bonds is 4. The molecule has 1 aliphatic rings. The van der Waals surface area contributed by atoms with Crippen LogP contribution in [0.4, 0.5) is 8.78 Å². The summed E-state index contributed by atoms with van der Waals surface area (Å²) < 4.78 is 31.1. The van der Waals surface area contributed by atoms with Gasteiger partial charge < -0.3 is 4.74 Å². The van der Waals surface area contributed by atoms with Crippen molar-refractivity contribution in [3.05, 3.63) is 35.9 Å². The van der Waals surface area contributed by atoms with Crippen molar-refractivity contribution in [3.63, 3.8) is 0 Å². The highest BCUT2D eigenvalue weighted by molar-refractivity contribution is 5.78. The molecule has 1 fully saturated rings. The van der Waals surface area contributed by atoms with Crippen molar-refractivity contribution in [2.75, 3.05) is 0 Å². The van der Waals surface area contributed by atoms with Gasteiger partial charge in [0.15, 0.2) is 0 Å². The first-order valence-electron chi connectivity index (χ1n) is 5.19. The molecule has 1 saturated carbocycles. The zero-order valence-electron chi connectivity index (χ0n) is 8.66. The van der Waals surface area contributed by atoms with E-state index in [4.69, 9.17) is 0 Å². The summed E-state index contributed by atoms with van der Waals surface area (Å²) in [5.74, 6) is -5.52. The van der Waals surface area contributed by atoms with Gasteiger partial charge in [-0.1, -0.05) is 30.3 Å². The van der Waals surface area contributed by atoms with Crippen LogP contribution >= 0.6 is 0 Å². The second-order valence-corrected chi connectivity index (χ2v) is 3.96. The number of hydrogen-bond donors (Lipinski definition) is 0. The normalized spacial score (nSPS) is 15.9. The molecule has 0 aliphatic heterocycles. The molecule has 0 aromatic heterocycles. The zero-order valence-corrected chi connectivity index (χ0v) is 8.66. The Morgan fingerprint density at radius 2 is 1.94 bits per heavy atom. The van der Waals surface area contributed by atoms with Crippen LogP contribution in [0.2, 0.25) is 0 Å². The largest absolute Gasteiger partial charge is 0.456 e. The highest BCUT2D eigenvalue weighted by Gasteiger charge is 2.54. The molecule has 0 radical (unpaired) electrons. The summed E-state index contributed by atoms with van der Waals surface area (Å²) in [6, 6.07) is 8.79. The fourth-order valence-corrected chi connectivity index (χ4v) is 1.43. The number of alkyl halides is 2. The highest BCUT2D eigenvalue weighted by atomic mass is 19.3. The Bertz CT molecular complexity index is 372. The van der Waals surface area contributed by atoms with Gasteiger partial charge >= 0.3 is 11.9 Å². The van der Waals surface area contributed by atoms with Crippen molar-refractivity contribution in [2.45, 2.75) is 25.4 Å². The monoisotopic (exact) mass is 226 g/mol. The lowest BCUT2D eigenvalue weighted by Crippen LogP contribution is -2.32. The number of carbonyl (C=O) groups is 1. The number of ether oxygens (including phenoxy) is 1. The summed E-state index contributed by atoms with van der Waals surface area (Å²) in [6.07, 6.45) is 0.820. The fourth-order valence-electron chi connectivity index (χ4n) is 1.43. The third kappa shape index (κ3) is 2.38. The minimum absolute atomic E-state index is 0.0953. The first-order valence-corrected chi connectivity index (χ1v) is 5.19. The van der Waals surface area contributed by atoms with Gasteiger partial charge in [0, 0.05) is 5.92 Å². The van der Waals surface area contributed by atoms with Crippen molar-refractivity contribution in [3.8, 4) is 0 Å². The third-order valence-electron chi connectivity index (χ3n) is 2.57. The highest BCUT2D eigenvalue weighted by Crippen LogP contribution is 2.44. The molecule has 0 spiro atoms. The average Bonchev–Trinajstić information content (AvgIpc) is 3.11. The van der Waals surface area contributed by atoms with E-state index >= 15 is 0 Å². The Balaban J connectivity index is 1.88. The Morgan fingerprint density at radius 1 is 1.31 bits per heavy atom. The van der Waals surface area contributed by atoms with E-state index in [2.05, 4.69) is 4.74 Å². The quantitative estimate of drug-likeness (QED) is 0.738. The number of benzene rings is 1. The van der Waals surface area contributed by atoms with Gasteiger partial charge in [0.2, 0.25) is 0 Å². The van der Waals surface area contributed by atoms with E-state index in [1.54, 1.807) is 24.3 Å². The lowest BCUT2D eigenvalue weighted by atomic mass is 10.2. The van der Waals surface area contributed by atoms with E-state index in [0.29, 0.717) is 18.4 Å². The Kier molecular flexibility index (Phi) is 2.90. The number of halogens is 2. The van der Waals surface area contributed by atoms with Crippen LogP contribution in [-0.4, -0.2) is 11.9 Å². The van der Waals surface area contributed by atoms with E-state index in [1.807, 2.05) is 6.07 Å². The predicted octanol–water partition coefficient (Wildman–Crippen LogP) is 2.78. The number of hydrogen-bond acceptors (Lipinski definition) is 2.